The number of hydrazine groups is 1. The minimum absolute atomic E-state index is 0.847. The van der Waals surface area contributed by atoms with Gasteiger partial charge in [0.25, 0.3) is 0 Å². The second-order valence-corrected chi connectivity index (χ2v) is 1.82. The molecule has 6 heavy (non-hydrogen) atoms. The van der Waals surface area contributed by atoms with E-state index in [9.17, 15) is 0 Å². The molecule has 1 radical (unpaired) electrons. The van der Waals surface area contributed by atoms with Crippen LogP contribution in [0.2, 0.25) is 0 Å². The van der Waals surface area contributed by atoms with Crippen molar-refractivity contribution in [3.05, 3.63) is 11.6 Å². The first kappa shape index (κ1) is 4.02. The summed E-state index contributed by atoms with van der Waals surface area (Å²) in [6.07, 6.45) is 1.73. The lowest BCUT2D eigenvalue weighted by atomic mass is 11.0. The van der Waals surface area contributed by atoms with Crippen molar-refractivity contribution in [1.82, 2.24) is 5.01 Å². The van der Waals surface area contributed by atoms with Crippen molar-refractivity contribution >= 4 is 11.8 Å². The van der Waals surface area contributed by atoms with Crippen LogP contribution in [0, 0.1) is 5.41 Å². The van der Waals surface area contributed by atoms with E-state index < -0.39 is 0 Å². The number of hydrogen-bond donors (Lipinski definition) is 1. The van der Waals surface area contributed by atoms with Crippen molar-refractivity contribution < 1.29 is 0 Å². The van der Waals surface area contributed by atoms with E-state index in [-0.39, 0.29) is 0 Å². The molecule has 0 bridgehead atoms. The number of hydrogen-bond acceptors (Lipinski definition) is 3. The molecule has 1 aliphatic rings. The molecule has 1 heterocycles. The lowest BCUT2D eigenvalue weighted by molar-refractivity contribution is 0.473. The Bertz CT molecular complexity index is 71.2. The number of nitrogens with zero attached hydrogens (tertiary/aromatic N) is 1. The fourth-order valence-electron chi connectivity index (χ4n) is 0.254. The summed E-state index contributed by atoms with van der Waals surface area (Å²) < 4.78 is 0. The van der Waals surface area contributed by atoms with Gasteiger partial charge in [0.2, 0.25) is 0 Å². The molecular weight excluding hydrogens is 96.1 g/mol. The lowest BCUT2D eigenvalue weighted by Gasteiger charge is -2.00. The van der Waals surface area contributed by atoms with E-state index in [1.54, 1.807) is 23.0 Å². The summed E-state index contributed by atoms with van der Waals surface area (Å²) in [5, 5.41) is 4.45. The van der Waals surface area contributed by atoms with Gasteiger partial charge in [0.15, 0.2) is 0 Å². The summed E-state index contributed by atoms with van der Waals surface area (Å²) in [6.45, 7) is 0. The Labute approximate surface area is 41.0 Å². The molecule has 33 valence electrons. The van der Waals surface area contributed by atoms with Crippen molar-refractivity contribution in [1.29, 1.82) is 0 Å². The number of nitrogens with two attached hydrogens (primary N) is 1. The average Bonchev–Trinajstić information content (AvgIpc) is 1.86. The van der Waals surface area contributed by atoms with E-state index in [0.29, 0.717) is 0 Å². The van der Waals surface area contributed by atoms with Crippen LogP contribution in [0.3, 0.4) is 0 Å². The van der Waals surface area contributed by atoms with Gasteiger partial charge in [0.1, 0.15) is 0 Å². The molecule has 2 N–H and O–H groups in total. The van der Waals surface area contributed by atoms with Gasteiger partial charge in [-0.05, 0) is 0 Å². The molecule has 0 amide bonds. The van der Waals surface area contributed by atoms with Crippen LogP contribution in [-0.4, -0.2) is 10.9 Å². The summed E-state index contributed by atoms with van der Waals surface area (Å²) in [6, 6.07) is 0. The van der Waals surface area contributed by atoms with Crippen molar-refractivity contribution in [2.45, 2.75) is 0 Å². The standard InChI is InChI=1S/C3H5N2S/c4-5-1-2-6-3-5/h1H,3-4H2. The molecule has 0 saturated heterocycles. The van der Waals surface area contributed by atoms with Crippen molar-refractivity contribution in [2.24, 2.45) is 5.84 Å². The summed E-state index contributed by atoms with van der Waals surface area (Å²) in [5.41, 5.74) is 0. The summed E-state index contributed by atoms with van der Waals surface area (Å²) >= 11 is 1.58. The van der Waals surface area contributed by atoms with Crippen molar-refractivity contribution in [2.75, 3.05) is 5.88 Å². The average molecular weight is 101 g/mol. The molecule has 0 unspecified atom stereocenters. The molecule has 3 heteroatoms. The Morgan fingerprint density at radius 1 is 2.00 bits per heavy atom. The van der Waals surface area contributed by atoms with Crippen molar-refractivity contribution in [3.63, 3.8) is 0 Å². The predicted molar refractivity (Wildman–Crippen MR) is 26.3 cm³/mol. The van der Waals surface area contributed by atoms with Gasteiger partial charge < -0.3 is 5.01 Å². The number of rotatable bonds is 0. The van der Waals surface area contributed by atoms with Gasteiger partial charge >= 0.3 is 0 Å². The first-order chi connectivity index (χ1) is 2.89. The molecule has 0 atom stereocenters. The van der Waals surface area contributed by atoms with Crippen LogP contribution >= 0.6 is 11.8 Å². The SMILES string of the molecule is NN1C=[C]SC1. The van der Waals surface area contributed by atoms with Crippen LogP contribution in [0.25, 0.3) is 0 Å². The predicted octanol–water partition coefficient (Wildman–Crippen LogP) is 0.141. The Balaban J connectivity index is 2.38. The second kappa shape index (κ2) is 1.53. The van der Waals surface area contributed by atoms with Gasteiger partial charge in [-0.25, -0.2) is 5.84 Å². The molecule has 2 nitrogen and oxygen atoms in total. The Morgan fingerprint density at radius 2 is 2.83 bits per heavy atom. The minimum Gasteiger partial charge on any atom is -0.307 e. The molecule has 0 aliphatic carbocycles. The first-order valence-electron chi connectivity index (χ1n) is 1.61. The fraction of sp³-hybridized carbons (Fsp3) is 0.333. The normalized spacial score (nSPS) is 19.8. The molecule has 0 saturated carbocycles. The largest absolute Gasteiger partial charge is 0.307 e. The van der Waals surface area contributed by atoms with Crippen LogP contribution in [0.15, 0.2) is 6.20 Å². The highest BCUT2D eigenvalue weighted by atomic mass is 32.2. The third kappa shape index (κ3) is 0.666. The van der Waals surface area contributed by atoms with Crippen LogP contribution in [0.5, 0.6) is 0 Å². The zero-order chi connectivity index (χ0) is 4.41. The Hall–Kier alpha value is -0.150. The topological polar surface area (TPSA) is 29.3 Å². The Kier molecular flexibility index (Phi) is 1.03. The highest BCUT2D eigenvalue weighted by molar-refractivity contribution is 8.01. The molecule has 0 aromatic carbocycles. The maximum atomic E-state index is 5.23. The first-order valence-corrected chi connectivity index (χ1v) is 2.60. The minimum atomic E-state index is 0.847. The van der Waals surface area contributed by atoms with Gasteiger partial charge in [-0.1, -0.05) is 0 Å². The lowest BCUT2D eigenvalue weighted by Crippen LogP contribution is -2.20. The molecule has 0 aromatic rings. The zero-order valence-corrected chi connectivity index (χ0v) is 4.03. The van der Waals surface area contributed by atoms with Crippen molar-refractivity contribution in [3.8, 4) is 0 Å². The molecular formula is C3H5N2S. The molecule has 1 aliphatic heterocycles. The van der Waals surface area contributed by atoms with E-state index >= 15 is 0 Å². The van der Waals surface area contributed by atoms with Crippen LogP contribution in [-0.2, 0) is 0 Å². The van der Waals surface area contributed by atoms with Crippen LogP contribution in [0.1, 0.15) is 0 Å². The van der Waals surface area contributed by atoms with Gasteiger partial charge in [-0.15, -0.1) is 11.8 Å². The summed E-state index contributed by atoms with van der Waals surface area (Å²) in [5.74, 6) is 6.08. The van der Waals surface area contributed by atoms with Crippen LogP contribution < -0.4 is 5.84 Å². The van der Waals surface area contributed by atoms with Gasteiger partial charge in [0.05, 0.1) is 5.88 Å². The van der Waals surface area contributed by atoms with E-state index in [1.165, 1.54) is 0 Å². The maximum Gasteiger partial charge on any atom is 0.0837 e. The molecule has 0 fully saturated rings. The highest BCUT2D eigenvalue weighted by Crippen LogP contribution is 2.08. The maximum absolute atomic E-state index is 5.23. The second-order valence-electron chi connectivity index (χ2n) is 1.03. The summed E-state index contributed by atoms with van der Waals surface area (Å²) in [4.78, 5) is 0. The van der Waals surface area contributed by atoms with E-state index in [4.69, 9.17) is 5.84 Å². The van der Waals surface area contributed by atoms with E-state index in [1.807, 2.05) is 0 Å². The monoisotopic (exact) mass is 101 g/mol. The van der Waals surface area contributed by atoms with Gasteiger partial charge in [-0.2, -0.15) is 0 Å². The Morgan fingerprint density at radius 3 is 3.00 bits per heavy atom. The van der Waals surface area contributed by atoms with Crippen LogP contribution in [0.4, 0.5) is 0 Å². The zero-order valence-electron chi connectivity index (χ0n) is 3.22. The van der Waals surface area contributed by atoms with Gasteiger partial charge in [0, 0.05) is 11.6 Å². The van der Waals surface area contributed by atoms with E-state index in [0.717, 1.165) is 5.88 Å². The fourth-order valence-corrected chi connectivity index (χ4v) is 0.762. The van der Waals surface area contributed by atoms with Gasteiger partial charge in [-0.3, -0.25) is 0 Å². The molecule has 0 aromatic heterocycles. The smallest absolute Gasteiger partial charge is 0.0837 e. The summed E-state index contributed by atoms with van der Waals surface area (Å²) in [7, 11) is 0. The molecule has 0 spiro atoms. The van der Waals surface area contributed by atoms with E-state index in [2.05, 4.69) is 5.41 Å². The third-order valence-corrected chi connectivity index (χ3v) is 1.21. The quantitative estimate of drug-likeness (QED) is 0.440. The molecule has 1 rings (SSSR count). The number of thioether (sulfide) groups is 1. The highest BCUT2D eigenvalue weighted by Gasteiger charge is 1.95. The third-order valence-electron chi connectivity index (χ3n) is 0.515.